The maximum absolute atomic E-state index is 12.8. The molecule has 2 heterocycles. The molecule has 1 aromatic carbocycles. The van der Waals surface area contributed by atoms with Crippen LogP contribution >= 0.6 is 0 Å². The maximum Gasteiger partial charge on any atom is 0.414 e. The Bertz CT molecular complexity index is 1020. The van der Waals surface area contributed by atoms with Gasteiger partial charge in [0.1, 0.15) is 0 Å². The summed E-state index contributed by atoms with van der Waals surface area (Å²) in [5.41, 5.74) is 3.64. The van der Waals surface area contributed by atoms with Crippen molar-refractivity contribution < 1.29 is 14.3 Å². The predicted molar refractivity (Wildman–Crippen MR) is 126 cm³/mol. The summed E-state index contributed by atoms with van der Waals surface area (Å²) in [5.74, 6) is -0.0932. The standard InChI is InChI=1S/C24H29N5O3/c1-16(2)32-24(31)28-15-17(3)29(18(4)30)22-8-7-20(10-23(22)28)21(11-25)14-27-13-19-6-5-9-26-12-19/h5-12,14,16-17,25,27H,13,15H2,1-4H3/b21-14+,25-11?. The molecule has 2 aromatic rings. The van der Waals surface area contributed by atoms with Gasteiger partial charge in [-0.1, -0.05) is 12.1 Å². The molecule has 2 N–H and O–H groups in total. The van der Waals surface area contributed by atoms with E-state index in [1.807, 2.05) is 37.3 Å². The molecule has 0 fully saturated rings. The lowest BCUT2D eigenvalue weighted by molar-refractivity contribution is -0.117. The number of fused-ring (bicyclic) bond motifs is 1. The molecule has 168 valence electrons. The number of allylic oxidation sites excluding steroid dienone is 1. The zero-order valence-corrected chi connectivity index (χ0v) is 18.8. The number of rotatable bonds is 6. The first kappa shape index (κ1) is 23.0. The molecule has 1 unspecified atom stereocenters. The molecule has 3 rings (SSSR count). The molecule has 0 saturated heterocycles. The molecule has 0 saturated carbocycles. The van der Waals surface area contributed by atoms with Crippen LogP contribution in [0.25, 0.3) is 5.57 Å². The summed E-state index contributed by atoms with van der Waals surface area (Å²) in [6.07, 6.45) is 5.79. The van der Waals surface area contributed by atoms with Gasteiger partial charge in [-0.15, -0.1) is 0 Å². The van der Waals surface area contributed by atoms with E-state index in [0.29, 0.717) is 30.0 Å². The van der Waals surface area contributed by atoms with Gasteiger partial charge in [-0.05, 0) is 50.1 Å². The number of hydrogen-bond acceptors (Lipinski definition) is 6. The van der Waals surface area contributed by atoms with Crippen molar-refractivity contribution in [3.05, 3.63) is 60.1 Å². The van der Waals surface area contributed by atoms with Crippen LogP contribution in [0.1, 0.15) is 38.8 Å². The Morgan fingerprint density at radius 3 is 2.72 bits per heavy atom. The highest BCUT2D eigenvalue weighted by atomic mass is 16.6. The summed E-state index contributed by atoms with van der Waals surface area (Å²) in [7, 11) is 0. The lowest BCUT2D eigenvalue weighted by Gasteiger charge is -2.40. The largest absolute Gasteiger partial charge is 0.446 e. The van der Waals surface area contributed by atoms with E-state index in [9.17, 15) is 9.59 Å². The van der Waals surface area contributed by atoms with Crippen LogP contribution in [0, 0.1) is 5.41 Å². The summed E-state index contributed by atoms with van der Waals surface area (Å²) in [4.78, 5) is 32.4. The van der Waals surface area contributed by atoms with Crippen LogP contribution < -0.4 is 15.1 Å². The molecule has 1 aromatic heterocycles. The number of ether oxygens (including phenoxy) is 1. The molecule has 8 nitrogen and oxygen atoms in total. The third-order valence-corrected chi connectivity index (χ3v) is 5.08. The van der Waals surface area contributed by atoms with Crippen molar-refractivity contribution in [1.29, 1.82) is 5.41 Å². The Labute approximate surface area is 188 Å². The van der Waals surface area contributed by atoms with Crippen LogP contribution in [-0.2, 0) is 16.1 Å². The van der Waals surface area contributed by atoms with Gasteiger partial charge < -0.3 is 20.4 Å². The Hall–Kier alpha value is -3.68. The van der Waals surface area contributed by atoms with Gasteiger partial charge in [-0.2, -0.15) is 0 Å². The van der Waals surface area contributed by atoms with E-state index >= 15 is 0 Å². The van der Waals surface area contributed by atoms with E-state index in [1.54, 1.807) is 42.2 Å². The van der Waals surface area contributed by atoms with Gasteiger partial charge in [0, 0.05) is 50.4 Å². The molecular formula is C24H29N5O3. The second kappa shape index (κ2) is 10.1. The third-order valence-electron chi connectivity index (χ3n) is 5.08. The molecule has 32 heavy (non-hydrogen) atoms. The first-order valence-electron chi connectivity index (χ1n) is 10.6. The highest BCUT2D eigenvalue weighted by molar-refractivity contribution is 6.10. The van der Waals surface area contributed by atoms with Crippen LogP contribution in [0.3, 0.4) is 0 Å². The molecule has 1 aliphatic heterocycles. The zero-order valence-electron chi connectivity index (χ0n) is 18.8. The first-order valence-corrected chi connectivity index (χ1v) is 10.6. The van der Waals surface area contributed by atoms with E-state index in [4.69, 9.17) is 10.1 Å². The van der Waals surface area contributed by atoms with Crippen LogP contribution in [0.15, 0.2) is 48.9 Å². The fraction of sp³-hybridized carbons (Fsp3) is 0.333. The van der Waals surface area contributed by atoms with Crippen molar-refractivity contribution in [1.82, 2.24) is 10.3 Å². The highest BCUT2D eigenvalue weighted by Gasteiger charge is 2.34. The van der Waals surface area contributed by atoms with Crippen molar-refractivity contribution in [2.45, 2.75) is 46.4 Å². The number of carbonyl (C=O) groups excluding carboxylic acids is 2. The molecule has 0 bridgehead atoms. The van der Waals surface area contributed by atoms with Gasteiger partial charge in [0.05, 0.1) is 23.5 Å². The van der Waals surface area contributed by atoms with E-state index in [-0.39, 0.29) is 18.1 Å². The molecule has 1 atom stereocenters. The number of nitrogens with zero attached hydrogens (tertiary/aromatic N) is 3. The zero-order chi connectivity index (χ0) is 23.3. The summed E-state index contributed by atoms with van der Waals surface area (Å²) < 4.78 is 5.44. The second-order valence-corrected chi connectivity index (χ2v) is 7.97. The van der Waals surface area contributed by atoms with Crippen LogP contribution in [0.4, 0.5) is 16.2 Å². The number of pyridine rings is 1. The summed E-state index contributed by atoms with van der Waals surface area (Å²) in [5, 5.41) is 11.1. The minimum absolute atomic E-state index is 0.0932. The average molecular weight is 436 g/mol. The minimum Gasteiger partial charge on any atom is -0.446 e. The SMILES string of the molecule is CC(=O)N1c2ccc(/C(C=N)=C/NCc3cccnc3)cc2N(C(=O)OC(C)C)CC1C. The summed E-state index contributed by atoms with van der Waals surface area (Å²) in [6, 6.07) is 9.13. The van der Waals surface area contributed by atoms with Crippen molar-refractivity contribution in [2.75, 3.05) is 16.3 Å². The minimum atomic E-state index is -0.455. The lowest BCUT2D eigenvalue weighted by Crippen LogP contribution is -2.51. The Balaban J connectivity index is 1.95. The molecule has 2 amide bonds. The Kier molecular flexibility index (Phi) is 7.25. The Morgan fingerprint density at radius 1 is 1.31 bits per heavy atom. The van der Waals surface area contributed by atoms with Crippen molar-refractivity contribution in [3.63, 3.8) is 0 Å². The fourth-order valence-electron chi connectivity index (χ4n) is 3.71. The quantitative estimate of drug-likeness (QED) is 0.669. The molecule has 0 radical (unpaired) electrons. The van der Waals surface area contributed by atoms with E-state index in [1.165, 1.54) is 13.1 Å². The van der Waals surface area contributed by atoms with E-state index in [0.717, 1.165) is 11.1 Å². The van der Waals surface area contributed by atoms with Gasteiger partial charge in [0.25, 0.3) is 0 Å². The number of aromatic nitrogens is 1. The first-order chi connectivity index (χ1) is 15.3. The van der Waals surface area contributed by atoms with Crippen molar-refractivity contribution in [2.24, 2.45) is 0 Å². The van der Waals surface area contributed by atoms with Gasteiger partial charge in [-0.3, -0.25) is 14.7 Å². The fourth-order valence-corrected chi connectivity index (χ4v) is 3.71. The van der Waals surface area contributed by atoms with Crippen LogP contribution in [0.5, 0.6) is 0 Å². The Morgan fingerprint density at radius 2 is 2.09 bits per heavy atom. The number of amides is 2. The number of hydrogen-bond donors (Lipinski definition) is 2. The number of benzene rings is 1. The third kappa shape index (κ3) is 5.14. The average Bonchev–Trinajstić information content (AvgIpc) is 2.76. The second-order valence-electron chi connectivity index (χ2n) is 7.97. The smallest absolute Gasteiger partial charge is 0.414 e. The summed E-state index contributed by atoms with van der Waals surface area (Å²) >= 11 is 0. The summed E-state index contributed by atoms with van der Waals surface area (Å²) in [6.45, 7) is 7.91. The van der Waals surface area contributed by atoms with Gasteiger partial charge in [0.2, 0.25) is 5.91 Å². The van der Waals surface area contributed by atoms with E-state index < -0.39 is 6.09 Å². The number of anilines is 2. The molecule has 1 aliphatic rings. The molecule has 0 aliphatic carbocycles. The van der Waals surface area contributed by atoms with E-state index in [2.05, 4.69) is 10.3 Å². The topological polar surface area (TPSA) is 98.6 Å². The molecular weight excluding hydrogens is 406 g/mol. The molecule has 8 heteroatoms. The number of carbonyl (C=O) groups is 2. The van der Waals surface area contributed by atoms with Crippen molar-refractivity contribution in [3.8, 4) is 0 Å². The van der Waals surface area contributed by atoms with Gasteiger partial charge in [0.15, 0.2) is 0 Å². The number of nitrogens with one attached hydrogen (secondary N) is 2. The van der Waals surface area contributed by atoms with Crippen LogP contribution in [-0.4, -0.2) is 41.9 Å². The molecule has 0 spiro atoms. The van der Waals surface area contributed by atoms with Gasteiger partial charge >= 0.3 is 6.09 Å². The lowest BCUT2D eigenvalue weighted by atomic mass is 10.0. The normalized spacial score (nSPS) is 15.9. The van der Waals surface area contributed by atoms with Crippen LogP contribution in [0.2, 0.25) is 0 Å². The maximum atomic E-state index is 12.8. The highest BCUT2D eigenvalue weighted by Crippen LogP contribution is 2.38. The van der Waals surface area contributed by atoms with Crippen molar-refractivity contribution >= 4 is 35.2 Å². The van der Waals surface area contributed by atoms with Gasteiger partial charge in [-0.25, -0.2) is 4.79 Å². The predicted octanol–water partition coefficient (Wildman–Crippen LogP) is 3.97. The monoisotopic (exact) mass is 435 g/mol.